The largest absolute Gasteiger partial charge is 0.389 e. The highest BCUT2D eigenvalue weighted by Gasteiger charge is 2.48. The lowest BCUT2D eigenvalue weighted by Crippen LogP contribution is -2.85. The van der Waals surface area contributed by atoms with Crippen LogP contribution in [-0.4, -0.2) is 70.5 Å². The van der Waals surface area contributed by atoms with Crippen LogP contribution in [-0.2, 0) is 4.79 Å². The maximum Gasteiger partial charge on any atom is 0.357 e. The van der Waals surface area contributed by atoms with Gasteiger partial charge in [-0.05, 0) is 6.26 Å². The van der Waals surface area contributed by atoms with Crippen LogP contribution in [0.15, 0.2) is 16.8 Å². The molecular weight excluding hydrogens is 280 g/mol. The molecule has 108 valence electrons. The van der Waals surface area contributed by atoms with Crippen molar-refractivity contribution in [1.29, 1.82) is 0 Å². The van der Waals surface area contributed by atoms with Gasteiger partial charge in [-0.3, -0.25) is 4.99 Å². The molecule has 0 aliphatic carbocycles. The van der Waals surface area contributed by atoms with Gasteiger partial charge in [-0.1, -0.05) is 0 Å². The molecule has 20 heavy (non-hydrogen) atoms. The molecule has 8 heteroatoms. The highest BCUT2D eigenvalue weighted by molar-refractivity contribution is 7.98. The molecule has 0 saturated carbocycles. The number of thioether (sulfide) groups is 1. The van der Waals surface area contributed by atoms with E-state index in [4.69, 9.17) is 0 Å². The Morgan fingerprint density at radius 3 is 3.00 bits per heavy atom. The number of hydrogen-bond acceptors (Lipinski definition) is 6. The first kappa shape index (κ1) is 13.7. The van der Waals surface area contributed by atoms with Gasteiger partial charge in [0.1, 0.15) is 6.10 Å². The SMILES string of the molecule is CSC[C@@H]1N[C@@H](C2=CN=C3C(=O)NC=[NH+]C23)[C@H](O)[C@H]1O. The van der Waals surface area contributed by atoms with Crippen LogP contribution in [0, 0.1) is 0 Å². The Bertz CT molecular complexity index is 519. The minimum absolute atomic E-state index is 0.170. The molecule has 0 aromatic carbocycles. The zero-order valence-electron chi connectivity index (χ0n) is 10.9. The quantitative estimate of drug-likeness (QED) is 0.369. The summed E-state index contributed by atoms with van der Waals surface area (Å²) >= 11 is 1.60. The van der Waals surface area contributed by atoms with Gasteiger partial charge in [0.2, 0.25) is 6.34 Å². The van der Waals surface area contributed by atoms with Crippen molar-refractivity contribution in [1.82, 2.24) is 10.6 Å². The van der Waals surface area contributed by atoms with Crippen LogP contribution in [0.2, 0.25) is 0 Å². The van der Waals surface area contributed by atoms with Gasteiger partial charge in [0.15, 0.2) is 11.8 Å². The zero-order valence-corrected chi connectivity index (χ0v) is 11.7. The summed E-state index contributed by atoms with van der Waals surface area (Å²) in [5.74, 6) is 0.467. The maximum atomic E-state index is 11.7. The first-order chi connectivity index (χ1) is 9.63. The first-order valence-electron chi connectivity index (χ1n) is 6.41. The topological polar surface area (TPSA) is 108 Å². The summed E-state index contributed by atoms with van der Waals surface area (Å²) in [4.78, 5) is 18.8. The van der Waals surface area contributed by atoms with Crippen molar-refractivity contribution >= 4 is 29.7 Å². The van der Waals surface area contributed by atoms with Gasteiger partial charge in [-0.25, -0.2) is 15.1 Å². The Labute approximate surface area is 120 Å². The number of aliphatic hydroxyl groups is 2. The van der Waals surface area contributed by atoms with E-state index in [-0.39, 0.29) is 18.0 Å². The first-order valence-corrected chi connectivity index (χ1v) is 7.80. The molecule has 3 heterocycles. The molecule has 0 spiro atoms. The molecule has 3 aliphatic heterocycles. The summed E-state index contributed by atoms with van der Waals surface area (Å²) in [6.45, 7) is 0. The number of carbonyl (C=O) groups is 1. The summed E-state index contributed by atoms with van der Waals surface area (Å²) in [6, 6.07) is -0.910. The molecule has 3 aliphatic rings. The molecular formula is C12H17N4O3S+. The number of aliphatic imine (C=N–C) groups is 1. The number of hydrogen-bond donors (Lipinski definition) is 5. The third kappa shape index (κ3) is 2.08. The molecule has 7 nitrogen and oxygen atoms in total. The summed E-state index contributed by atoms with van der Waals surface area (Å²) in [5, 5.41) is 26.1. The second-order valence-corrected chi connectivity index (χ2v) is 5.96. The van der Waals surface area contributed by atoms with Gasteiger partial charge in [0.25, 0.3) is 0 Å². The third-order valence-electron chi connectivity index (χ3n) is 3.85. The fourth-order valence-corrected chi connectivity index (χ4v) is 3.48. The summed E-state index contributed by atoms with van der Waals surface area (Å²) < 4.78 is 0. The van der Waals surface area contributed by atoms with Crippen LogP contribution in [0.4, 0.5) is 0 Å². The second kappa shape index (κ2) is 5.28. The highest BCUT2D eigenvalue weighted by Crippen LogP contribution is 2.26. The average molecular weight is 297 g/mol. The molecule has 1 saturated heterocycles. The molecule has 0 radical (unpaired) electrons. The van der Waals surface area contributed by atoms with Crippen molar-refractivity contribution in [2.45, 2.75) is 30.3 Å². The molecule has 1 fully saturated rings. The normalized spacial score (nSPS) is 39.4. The minimum atomic E-state index is -0.903. The van der Waals surface area contributed by atoms with Crippen LogP contribution in [0.5, 0.6) is 0 Å². The number of rotatable bonds is 3. The standard InChI is InChI=1S/C12H16N4O3S/c1-20-3-6-10(17)11(18)8(16-6)5-2-13-9-7(5)14-4-15-12(9)19/h2,4,6-8,10-11,16-18H,3H2,1H3,(H,14,15,19)/p+1/t6-,7?,8-,10-,11-/m0/s1. The lowest BCUT2D eigenvalue weighted by atomic mass is 9.94. The van der Waals surface area contributed by atoms with E-state index in [1.165, 1.54) is 6.34 Å². The Balaban J connectivity index is 1.80. The molecule has 1 amide bonds. The Morgan fingerprint density at radius 1 is 1.45 bits per heavy atom. The minimum Gasteiger partial charge on any atom is -0.389 e. The van der Waals surface area contributed by atoms with Crippen LogP contribution in [0.3, 0.4) is 0 Å². The van der Waals surface area contributed by atoms with Crippen molar-refractivity contribution in [2.75, 3.05) is 12.0 Å². The summed E-state index contributed by atoms with van der Waals surface area (Å²) in [6.07, 6.45) is 3.30. The lowest BCUT2D eigenvalue weighted by molar-refractivity contribution is -0.469. The average Bonchev–Trinajstić information content (AvgIpc) is 2.97. The smallest absolute Gasteiger partial charge is 0.357 e. The van der Waals surface area contributed by atoms with Crippen LogP contribution >= 0.6 is 11.8 Å². The maximum absolute atomic E-state index is 11.7. The molecule has 3 rings (SSSR count). The van der Waals surface area contributed by atoms with E-state index < -0.39 is 18.2 Å². The van der Waals surface area contributed by atoms with E-state index in [1.54, 1.807) is 18.0 Å². The van der Waals surface area contributed by atoms with E-state index in [0.717, 1.165) is 5.57 Å². The Kier molecular flexibility index (Phi) is 3.63. The number of aliphatic hydroxyl groups excluding tert-OH is 2. The Morgan fingerprint density at radius 2 is 2.25 bits per heavy atom. The van der Waals surface area contributed by atoms with E-state index in [0.29, 0.717) is 11.5 Å². The summed E-state index contributed by atoms with van der Waals surface area (Å²) in [5.41, 5.74) is 1.17. The van der Waals surface area contributed by atoms with E-state index >= 15 is 0 Å². The molecule has 1 unspecified atom stereocenters. The van der Waals surface area contributed by atoms with Crippen molar-refractivity contribution in [3.05, 3.63) is 11.8 Å². The van der Waals surface area contributed by atoms with E-state index in [1.807, 2.05) is 6.26 Å². The number of fused-ring (bicyclic) bond motifs is 1. The van der Waals surface area contributed by atoms with Crippen molar-refractivity contribution in [3.63, 3.8) is 0 Å². The Hall–Kier alpha value is -1.22. The van der Waals surface area contributed by atoms with Gasteiger partial charge in [-0.15, -0.1) is 0 Å². The molecule has 5 atom stereocenters. The van der Waals surface area contributed by atoms with Crippen molar-refractivity contribution in [3.8, 4) is 0 Å². The van der Waals surface area contributed by atoms with Gasteiger partial charge in [0, 0.05) is 23.6 Å². The third-order valence-corrected chi connectivity index (χ3v) is 4.54. The van der Waals surface area contributed by atoms with Crippen LogP contribution in [0.25, 0.3) is 0 Å². The van der Waals surface area contributed by atoms with Gasteiger partial charge >= 0.3 is 5.91 Å². The lowest BCUT2D eigenvalue weighted by Gasteiger charge is -2.21. The van der Waals surface area contributed by atoms with Crippen LogP contribution < -0.4 is 15.6 Å². The predicted octanol–water partition coefficient (Wildman–Crippen LogP) is -3.64. The van der Waals surface area contributed by atoms with E-state index in [2.05, 4.69) is 20.6 Å². The molecule has 0 bridgehead atoms. The second-order valence-electron chi connectivity index (χ2n) is 5.05. The zero-order chi connectivity index (χ0) is 14.3. The number of amides is 1. The van der Waals surface area contributed by atoms with Crippen molar-refractivity contribution < 1.29 is 20.0 Å². The monoisotopic (exact) mass is 297 g/mol. The number of nitrogens with one attached hydrogen (secondary N) is 3. The van der Waals surface area contributed by atoms with Gasteiger partial charge < -0.3 is 15.5 Å². The number of nitrogens with zero attached hydrogens (tertiary/aromatic N) is 1. The predicted molar refractivity (Wildman–Crippen MR) is 75.6 cm³/mol. The number of carbonyl (C=O) groups excluding carboxylic acids is 1. The highest BCUT2D eigenvalue weighted by atomic mass is 32.2. The van der Waals surface area contributed by atoms with Crippen molar-refractivity contribution in [2.24, 2.45) is 4.99 Å². The molecule has 0 aromatic rings. The fraction of sp³-hybridized carbons (Fsp3) is 0.583. The molecule has 0 aromatic heterocycles. The summed E-state index contributed by atoms with van der Waals surface area (Å²) in [7, 11) is 0. The fourth-order valence-electron chi connectivity index (χ4n) is 2.82. The molecule has 5 N–H and O–H groups in total. The van der Waals surface area contributed by atoms with E-state index in [9.17, 15) is 15.0 Å². The van der Waals surface area contributed by atoms with Gasteiger partial charge in [-0.2, -0.15) is 11.8 Å². The van der Waals surface area contributed by atoms with Gasteiger partial charge in [0.05, 0.1) is 12.1 Å². The van der Waals surface area contributed by atoms with Crippen LogP contribution in [0.1, 0.15) is 0 Å².